The maximum Gasteiger partial charge on any atom is 0.166 e. The lowest BCUT2D eigenvalue weighted by Crippen LogP contribution is -2.19. The summed E-state index contributed by atoms with van der Waals surface area (Å²) in [5, 5.41) is 0. The molecule has 0 radical (unpaired) electrons. The maximum atomic E-state index is 12.9. The Bertz CT molecular complexity index is 485. The Hall–Kier alpha value is -1.11. The van der Waals surface area contributed by atoms with E-state index in [1.807, 2.05) is 0 Å². The van der Waals surface area contributed by atoms with Crippen LogP contribution in [0.2, 0.25) is 0 Å². The zero-order valence-corrected chi connectivity index (χ0v) is 13.6. The Kier molecular flexibility index (Phi) is 4.67. The zero-order valence-electron chi connectivity index (χ0n) is 13.6. The zero-order chi connectivity index (χ0) is 14.9. The van der Waals surface area contributed by atoms with Gasteiger partial charge >= 0.3 is 0 Å². The highest BCUT2D eigenvalue weighted by Gasteiger charge is 2.31. The second kappa shape index (κ2) is 6.11. The first-order valence-corrected chi connectivity index (χ1v) is 8.09. The molecule has 0 N–H and O–H groups in total. The molecule has 0 aromatic heterocycles. The van der Waals surface area contributed by atoms with Crippen LogP contribution in [0.3, 0.4) is 0 Å². The van der Waals surface area contributed by atoms with Crippen LogP contribution < -0.4 is 0 Å². The highest BCUT2D eigenvalue weighted by Crippen LogP contribution is 2.36. The second-order valence-electron chi connectivity index (χ2n) is 7.04. The third-order valence-corrected chi connectivity index (χ3v) is 4.83. The molecule has 2 atom stereocenters. The number of hydrogen-bond donors (Lipinski definition) is 0. The van der Waals surface area contributed by atoms with Gasteiger partial charge in [-0.25, -0.2) is 0 Å². The molecule has 0 heterocycles. The molecular formula is C19H28O. The lowest BCUT2D eigenvalue weighted by molar-refractivity contribution is 0.0895. The Labute approximate surface area is 123 Å². The number of benzene rings is 1. The average Bonchev–Trinajstić information content (AvgIpc) is 2.83. The Morgan fingerprint density at radius 2 is 1.80 bits per heavy atom. The van der Waals surface area contributed by atoms with E-state index in [2.05, 4.69) is 52.8 Å². The van der Waals surface area contributed by atoms with Crippen molar-refractivity contribution < 1.29 is 4.79 Å². The normalized spacial score (nSPS) is 22.8. The highest BCUT2D eigenvalue weighted by molar-refractivity contribution is 5.99. The molecule has 1 saturated carbocycles. The fourth-order valence-electron chi connectivity index (χ4n) is 3.38. The third kappa shape index (κ3) is 2.97. The van der Waals surface area contributed by atoms with Crippen molar-refractivity contribution in [2.24, 2.45) is 11.8 Å². The summed E-state index contributed by atoms with van der Waals surface area (Å²) in [4.78, 5) is 12.9. The van der Waals surface area contributed by atoms with E-state index in [0.29, 0.717) is 23.5 Å². The SMILES string of the molecule is CC(C)c1ccc(C(=O)C2CCCC2C)c(C(C)C)c1. The maximum absolute atomic E-state index is 12.9. The molecule has 1 heteroatoms. The van der Waals surface area contributed by atoms with Crippen LogP contribution in [0.5, 0.6) is 0 Å². The van der Waals surface area contributed by atoms with Crippen LogP contribution in [-0.2, 0) is 0 Å². The van der Waals surface area contributed by atoms with Crippen molar-refractivity contribution in [3.8, 4) is 0 Å². The molecule has 1 aromatic rings. The Morgan fingerprint density at radius 1 is 1.10 bits per heavy atom. The molecule has 1 aromatic carbocycles. The minimum absolute atomic E-state index is 0.248. The predicted molar refractivity (Wildman–Crippen MR) is 85.5 cm³/mol. The Balaban J connectivity index is 2.37. The van der Waals surface area contributed by atoms with Crippen LogP contribution in [0, 0.1) is 11.8 Å². The summed E-state index contributed by atoms with van der Waals surface area (Å²) >= 11 is 0. The number of ketones is 1. The highest BCUT2D eigenvalue weighted by atomic mass is 16.1. The topological polar surface area (TPSA) is 17.1 Å². The van der Waals surface area contributed by atoms with Gasteiger partial charge in [0, 0.05) is 11.5 Å². The lowest BCUT2D eigenvalue weighted by Gasteiger charge is -2.20. The molecule has 1 fully saturated rings. The summed E-state index contributed by atoms with van der Waals surface area (Å²) in [5.41, 5.74) is 3.55. The molecule has 1 aliphatic rings. The summed E-state index contributed by atoms with van der Waals surface area (Å²) in [6.45, 7) is 11.0. The summed E-state index contributed by atoms with van der Waals surface area (Å²) < 4.78 is 0. The van der Waals surface area contributed by atoms with Crippen LogP contribution in [0.4, 0.5) is 0 Å². The quantitative estimate of drug-likeness (QED) is 0.656. The van der Waals surface area contributed by atoms with Crippen LogP contribution in [0.1, 0.15) is 87.2 Å². The van der Waals surface area contributed by atoms with Gasteiger partial charge < -0.3 is 0 Å². The molecule has 0 bridgehead atoms. The van der Waals surface area contributed by atoms with Crippen molar-refractivity contribution in [1.29, 1.82) is 0 Å². The van der Waals surface area contributed by atoms with Gasteiger partial charge in [0.25, 0.3) is 0 Å². The van der Waals surface area contributed by atoms with Crippen LogP contribution in [0.15, 0.2) is 18.2 Å². The molecule has 0 saturated heterocycles. The number of carbonyl (C=O) groups is 1. The first-order valence-electron chi connectivity index (χ1n) is 8.09. The molecule has 1 aliphatic carbocycles. The molecule has 20 heavy (non-hydrogen) atoms. The van der Waals surface area contributed by atoms with E-state index in [1.165, 1.54) is 24.0 Å². The number of Topliss-reactive ketones (excluding diaryl/α,β-unsaturated/α-hetero) is 1. The van der Waals surface area contributed by atoms with Gasteiger partial charge in [0.2, 0.25) is 0 Å². The van der Waals surface area contributed by atoms with Gasteiger partial charge in [0.1, 0.15) is 0 Å². The molecule has 110 valence electrons. The smallest absolute Gasteiger partial charge is 0.166 e. The van der Waals surface area contributed by atoms with Crippen molar-refractivity contribution in [2.75, 3.05) is 0 Å². The van der Waals surface area contributed by atoms with Gasteiger partial charge in [0.15, 0.2) is 5.78 Å². The van der Waals surface area contributed by atoms with Crippen molar-refractivity contribution in [2.45, 2.75) is 65.7 Å². The summed E-state index contributed by atoms with van der Waals surface area (Å²) in [6.07, 6.45) is 3.49. The number of carbonyl (C=O) groups excluding carboxylic acids is 1. The van der Waals surface area contributed by atoms with E-state index in [-0.39, 0.29) is 5.92 Å². The summed E-state index contributed by atoms with van der Waals surface area (Å²) in [7, 11) is 0. The summed E-state index contributed by atoms with van der Waals surface area (Å²) in [5.74, 6) is 2.10. The van der Waals surface area contributed by atoms with E-state index >= 15 is 0 Å². The van der Waals surface area contributed by atoms with Crippen LogP contribution in [-0.4, -0.2) is 5.78 Å². The van der Waals surface area contributed by atoms with E-state index in [9.17, 15) is 4.79 Å². The van der Waals surface area contributed by atoms with Crippen LogP contribution >= 0.6 is 0 Å². The van der Waals surface area contributed by atoms with E-state index in [4.69, 9.17) is 0 Å². The van der Waals surface area contributed by atoms with Crippen molar-refractivity contribution in [3.63, 3.8) is 0 Å². The van der Waals surface area contributed by atoms with E-state index in [0.717, 1.165) is 12.0 Å². The molecule has 2 rings (SSSR count). The fourth-order valence-corrected chi connectivity index (χ4v) is 3.38. The van der Waals surface area contributed by atoms with Crippen LogP contribution in [0.25, 0.3) is 0 Å². The van der Waals surface area contributed by atoms with Gasteiger partial charge in [-0.3, -0.25) is 4.79 Å². The molecule has 2 unspecified atom stereocenters. The minimum atomic E-state index is 0.248. The van der Waals surface area contributed by atoms with Gasteiger partial charge in [0.05, 0.1) is 0 Å². The van der Waals surface area contributed by atoms with Gasteiger partial charge in [-0.1, -0.05) is 59.2 Å². The van der Waals surface area contributed by atoms with Crippen molar-refractivity contribution in [3.05, 3.63) is 34.9 Å². The minimum Gasteiger partial charge on any atom is -0.294 e. The first-order chi connectivity index (χ1) is 9.41. The number of hydrogen-bond acceptors (Lipinski definition) is 1. The average molecular weight is 272 g/mol. The largest absolute Gasteiger partial charge is 0.294 e. The lowest BCUT2D eigenvalue weighted by atomic mass is 9.83. The van der Waals surface area contributed by atoms with E-state index < -0.39 is 0 Å². The van der Waals surface area contributed by atoms with Gasteiger partial charge in [-0.2, -0.15) is 0 Å². The van der Waals surface area contributed by atoms with E-state index in [1.54, 1.807) is 0 Å². The molecule has 0 amide bonds. The molecule has 0 aliphatic heterocycles. The van der Waals surface area contributed by atoms with Crippen molar-refractivity contribution in [1.82, 2.24) is 0 Å². The monoisotopic (exact) mass is 272 g/mol. The van der Waals surface area contributed by atoms with Crippen molar-refractivity contribution >= 4 is 5.78 Å². The first kappa shape index (κ1) is 15.3. The predicted octanol–water partition coefficient (Wildman–Crippen LogP) is 5.55. The summed E-state index contributed by atoms with van der Waals surface area (Å²) in [6, 6.07) is 6.48. The van der Waals surface area contributed by atoms with Gasteiger partial charge in [-0.05, 0) is 41.7 Å². The fraction of sp³-hybridized carbons (Fsp3) is 0.632. The molecule has 0 spiro atoms. The number of rotatable bonds is 4. The second-order valence-corrected chi connectivity index (χ2v) is 7.04. The molecular weight excluding hydrogens is 244 g/mol. The molecule has 1 nitrogen and oxygen atoms in total. The third-order valence-electron chi connectivity index (χ3n) is 4.83. The van der Waals surface area contributed by atoms with Gasteiger partial charge in [-0.15, -0.1) is 0 Å². The standard InChI is InChI=1S/C19H28O/c1-12(2)15-9-10-17(18(11-15)13(3)4)19(20)16-8-6-7-14(16)5/h9-14,16H,6-8H2,1-5H3. The Morgan fingerprint density at radius 3 is 2.30 bits per heavy atom.